The van der Waals surface area contributed by atoms with Gasteiger partial charge in [-0.3, -0.25) is 14.1 Å². The van der Waals surface area contributed by atoms with Gasteiger partial charge in [-0.1, -0.05) is 24.3 Å². The monoisotopic (exact) mass is 391 g/mol. The molecule has 4 heterocycles. The van der Waals surface area contributed by atoms with Gasteiger partial charge in [0.25, 0.3) is 5.56 Å². The molecule has 148 valence electrons. The number of hydrogen-bond donors (Lipinski definition) is 1. The summed E-state index contributed by atoms with van der Waals surface area (Å²) < 4.78 is 6.78. The Labute approximate surface area is 167 Å². The third-order valence-corrected chi connectivity index (χ3v) is 5.47. The minimum Gasteiger partial charge on any atom is -0.449 e. The zero-order valence-electron chi connectivity index (χ0n) is 16.0. The second-order valence-corrected chi connectivity index (χ2v) is 7.21. The molecule has 5 rings (SSSR count). The Kier molecular flexibility index (Phi) is 4.21. The predicted molar refractivity (Wildman–Crippen MR) is 109 cm³/mol. The van der Waals surface area contributed by atoms with E-state index in [-0.39, 0.29) is 24.1 Å². The van der Waals surface area contributed by atoms with E-state index >= 15 is 0 Å². The minimum absolute atomic E-state index is 0.0309. The molecule has 1 fully saturated rings. The van der Waals surface area contributed by atoms with Crippen LogP contribution in [-0.2, 0) is 4.74 Å². The van der Waals surface area contributed by atoms with Gasteiger partial charge in [-0.25, -0.2) is 15.2 Å². The molecule has 0 saturated carbocycles. The average molecular weight is 391 g/mol. The van der Waals surface area contributed by atoms with Crippen LogP contribution in [-0.4, -0.2) is 35.2 Å². The van der Waals surface area contributed by atoms with E-state index < -0.39 is 6.09 Å². The number of aromatic nitrogens is 2. The van der Waals surface area contributed by atoms with Crippen molar-refractivity contribution in [1.29, 1.82) is 0 Å². The van der Waals surface area contributed by atoms with Crippen molar-refractivity contribution < 1.29 is 9.53 Å². The Balaban J connectivity index is 1.64. The Morgan fingerprint density at radius 3 is 2.76 bits per heavy atom. The molecule has 1 N–H and O–H groups in total. The van der Waals surface area contributed by atoms with Gasteiger partial charge in [0.05, 0.1) is 23.9 Å². The number of anilines is 2. The Morgan fingerprint density at radius 1 is 1.17 bits per heavy atom. The number of amides is 1. The van der Waals surface area contributed by atoms with Crippen LogP contribution in [0.25, 0.3) is 5.65 Å². The maximum Gasteiger partial charge on any atom is 0.415 e. The molecule has 29 heavy (non-hydrogen) atoms. The van der Waals surface area contributed by atoms with Crippen molar-refractivity contribution in [1.82, 2.24) is 14.8 Å². The quantitative estimate of drug-likeness (QED) is 0.723. The van der Waals surface area contributed by atoms with E-state index in [0.717, 1.165) is 5.69 Å². The lowest BCUT2D eigenvalue weighted by molar-refractivity contribution is 0.157. The van der Waals surface area contributed by atoms with Gasteiger partial charge in [-0.2, -0.15) is 0 Å². The number of carbonyl (C=O) groups excluding carboxylic acids is 1. The first-order valence-corrected chi connectivity index (χ1v) is 9.71. The number of ether oxygens (including phenoxy) is 1. The molecule has 3 aromatic rings. The van der Waals surface area contributed by atoms with Gasteiger partial charge in [-0.15, -0.1) is 0 Å². The van der Waals surface area contributed by atoms with E-state index in [0.29, 0.717) is 30.1 Å². The highest BCUT2D eigenvalue weighted by atomic mass is 16.6. The first-order valence-electron chi connectivity index (χ1n) is 9.71. The molecule has 2 aliphatic rings. The molecule has 1 saturated heterocycles. The summed E-state index contributed by atoms with van der Waals surface area (Å²) in [6, 6.07) is 15.1. The third kappa shape index (κ3) is 2.84. The van der Waals surface area contributed by atoms with Crippen LogP contribution in [0, 0.1) is 5.92 Å². The SMILES string of the molecule is CCOC(=O)N1C[C@H]2CN(c3ccccc3)N[C@H]2c2c1nc1ccccn1c2=O. The molecule has 1 amide bonds. The maximum atomic E-state index is 13.4. The van der Waals surface area contributed by atoms with Gasteiger partial charge >= 0.3 is 6.09 Å². The molecule has 0 aliphatic carbocycles. The fraction of sp³-hybridized carbons (Fsp3) is 0.286. The normalized spacial score (nSPS) is 20.4. The largest absolute Gasteiger partial charge is 0.449 e. The highest BCUT2D eigenvalue weighted by molar-refractivity contribution is 5.88. The van der Waals surface area contributed by atoms with E-state index in [1.807, 2.05) is 41.4 Å². The van der Waals surface area contributed by atoms with Crippen LogP contribution >= 0.6 is 0 Å². The summed E-state index contributed by atoms with van der Waals surface area (Å²) in [5.74, 6) is 0.409. The number of nitrogens with one attached hydrogen (secondary N) is 1. The summed E-state index contributed by atoms with van der Waals surface area (Å²) in [6.07, 6.45) is 1.23. The summed E-state index contributed by atoms with van der Waals surface area (Å²) >= 11 is 0. The van der Waals surface area contributed by atoms with Crippen LogP contribution in [0.3, 0.4) is 0 Å². The van der Waals surface area contributed by atoms with Gasteiger partial charge < -0.3 is 9.75 Å². The van der Waals surface area contributed by atoms with Crippen LogP contribution in [0.15, 0.2) is 59.5 Å². The van der Waals surface area contributed by atoms with Crippen molar-refractivity contribution in [3.8, 4) is 0 Å². The number of fused-ring (bicyclic) bond motifs is 4. The molecule has 0 radical (unpaired) electrons. The van der Waals surface area contributed by atoms with Crippen molar-refractivity contribution in [2.75, 3.05) is 29.6 Å². The van der Waals surface area contributed by atoms with Gasteiger partial charge in [0.15, 0.2) is 5.82 Å². The average Bonchev–Trinajstić information content (AvgIpc) is 3.18. The minimum atomic E-state index is -0.474. The van der Waals surface area contributed by atoms with Crippen LogP contribution < -0.4 is 20.9 Å². The lowest BCUT2D eigenvalue weighted by Crippen LogP contribution is -2.46. The molecule has 0 unspecified atom stereocenters. The van der Waals surface area contributed by atoms with E-state index in [1.165, 1.54) is 9.30 Å². The molecule has 1 aromatic carbocycles. The zero-order chi connectivity index (χ0) is 20.0. The number of pyridine rings is 1. The number of rotatable bonds is 2. The smallest absolute Gasteiger partial charge is 0.415 e. The zero-order valence-corrected chi connectivity index (χ0v) is 16.0. The molecule has 8 heteroatoms. The number of hydrogen-bond acceptors (Lipinski definition) is 6. The van der Waals surface area contributed by atoms with E-state index in [2.05, 4.69) is 10.4 Å². The Bertz CT molecular complexity index is 1130. The Morgan fingerprint density at radius 2 is 1.97 bits per heavy atom. The molecule has 0 bridgehead atoms. The van der Waals surface area contributed by atoms with Crippen LogP contribution in [0.5, 0.6) is 0 Å². The number of para-hydroxylation sites is 1. The summed E-state index contributed by atoms with van der Waals surface area (Å²) in [5.41, 5.74) is 5.31. The molecular weight excluding hydrogens is 370 g/mol. The van der Waals surface area contributed by atoms with Crippen molar-refractivity contribution in [2.45, 2.75) is 13.0 Å². The van der Waals surface area contributed by atoms with Crippen molar-refractivity contribution in [3.63, 3.8) is 0 Å². The van der Waals surface area contributed by atoms with E-state index in [1.54, 1.807) is 25.3 Å². The highest BCUT2D eigenvalue weighted by Gasteiger charge is 2.45. The second kappa shape index (κ2) is 6.89. The van der Waals surface area contributed by atoms with E-state index in [4.69, 9.17) is 4.74 Å². The molecule has 2 aliphatic heterocycles. The number of hydrazine groups is 1. The number of nitrogens with zero attached hydrogens (tertiary/aromatic N) is 4. The fourth-order valence-corrected chi connectivity index (χ4v) is 4.17. The molecular formula is C21H21N5O3. The molecule has 8 nitrogen and oxygen atoms in total. The Hall–Kier alpha value is -3.39. The maximum absolute atomic E-state index is 13.4. The fourth-order valence-electron chi connectivity index (χ4n) is 4.17. The van der Waals surface area contributed by atoms with Gasteiger partial charge in [0.1, 0.15) is 5.65 Å². The van der Waals surface area contributed by atoms with Gasteiger partial charge in [0, 0.05) is 25.2 Å². The first kappa shape index (κ1) is 17.7. The lowest BCUT2D eigenvalue weighted by atomic mass is 9.91. The summed E-state index contributed by atoms with van der Waals surface area (Å²) in [5, 5.41) is 2.03. The van der Waals surface area contributed by atoms with Crippen molar-refractivity contribution in [3.05, 3.63) is 70.6 Å². The standard InChI is InChI=1S/C21H21N5O3/c1-2-29-21(28)25-12-14-13-26(15-8-4-3-5-9-15)23-18(14)17-19(25)22-16-10-6-7-11-24(16)20(17)27/h3-11,14,18,23H,2,12-13H2,1H3/t14-,18+/m0/s1. The highest BCUT2D eigenvalue weighted by Crippen LogP contribution is 2.39. The van der Waals surface area contributed by atoms with Gasteiger partial charge in [0.2, 0.25) is 0 Å². The third-order valence-electron chi connectivity index (χ3n) is 5.47. The van der Waals surface area contributed by atoms with Crippen LogP contribution in [0.4, 0.5) is 16.3 Å². The van der Waals surface area contributed by atoms with Crippen LogP contribution in [0.1, 0.15) is 18.5 Å². The van der Waals surface area contributed by atoms with Crippen molar-refractivity contribution in [2.24, 2.45) is 5.92 Å². The number of benzene rings is 1. The predicted octanol–water partition coefficient (Wildman–Crippen LogP) is 2.35. The van der Waals surface area contributed by atoms with E-state index in [9.17, 15) is 9.59 Å². The van der Waals surface area contributed by atoms with Crippen molar-refractivity contribution >= 4 is 23.2 Å². The van der Waals surface area contributed by atoms with Crippen LogP contribution in [0.2, 0.25) is 0 Å². The summed E-state index contributed by atoms with van der Waals surface area (Å²) in [7, 11) is 0. The molecule has 0 spiro atoms. The first-order chi connectivity index (χ1) is 14.2. The summed E-state index contributed by atoms with van der Waals surface area (Å²) in [4.78, 5) is 32.2. The number of carbonyl (C=O) groups is 1. The second-order valence-electron chi connectivity index (χ2n) is 7.21. The summed E-state index contributed by atoms with van der Waals surface area (Å²) in [6.45, 7) is 3.13. The topological polar surface area (TPSA) is 79.2 Å². The van der Waals surface area contributed by atoms with Gasteiger partial charge in [-0.05, 0) is 31.2 Å². The molecule has 2 atom stereocenters. The lowest BCUT2D eigenvalue weighted by Gasteiger charge is -2.33. The molecule has 2 aromatic heterocycles.